The van der Waals surface area contributed by atoms with Gasteiger partial charge in [-0.3, -0.25) is 0 Å². The maximum atomic E-state index is 12.2. The molecule has 2 aromatic rings. The van der Waals surface area contributed by atoms with Gasteiger partial charge in [0.15, 0.2) is 0 Å². The molecule has 1 heterocycles. The maximum absolute atomic E-state index is 12.2. The number of rotatable bonds is 1. The number of benzene rings is 1. The Bertz CT molecular complexity index is 416. The highest BCUT2D eigenvalue weighted by Crippen LogP contribution is 2.04. The van der Waals surface area contributed by atoms with E-state index in [2.05, 4.69) is 24.2 Å². The molecule has 1 nitrogen and oxygen atoms in total. The highest BCUT2D eigenvalue weighted by Gasteiger charge is 1.86. The van der Waals surface area contributed by atoms with Crippen LogP contribution in [0.5, 0.6) is 0 Å². The van der Waals surface area contributed by atoms with E-state index in [1.165, 1.54) is 25.0 Å². The lowest BCUT2D eigenvalue weighted by Gasteiger charge is -1.87. The second kappa shape index (κ2) is 10.7. The van der Waals surface area contributed by atoms with Gasteiger partial charge in [-0.1, -0.05) is 38.8 Å². The van der Waals surface area contributed by atoms with Crippen molar-refractivity contribution in [3.8, 4) is 0 Å². The van der Waals surface area contributed by atoms with Crippen molar-refractivity contribution in [3.05, 3.63) is 51.7 Å². The summed E-state index contributed by atoms with van der Waals surface area (Å²) in [7, 11) is 0. The van der Waals surface area contributed by atoms with Crippen molar-refractivity contribution in [1.82, 2.24) is 4.98 Å². The number of hydrogen-bond donors (Lipinski definition) is 0. The molecule has 0 saturated heterocycles. The van der Waals surface area contributed by atoms with Gasteiger partial charge in [-0.15, -0.1) is 11.3 Å². The fraction of sp³-hybridized carbons (Fsp3) is 0.438. The topological polar surface area (TPSA) is 12.9 Å². The Morgan fingerprint density at radius 1 is 1.11 bits per heavy atom. The predicted octanol–water partition coefficient (Wildman–Crippen LogP) is 5.70. The Balaban J connectivity index is 0.000000272. The minimum absolute atomic E-state index is 0.162. The third kappa shape index (κ3) is 10.4. The Morgan fingerprint density at radius 2 is 1.74 bits per heavy atom. The van der Waals surface area contributed by atoms with E-state index in [0.717, 1.165) is 16.3 Å². The summed E-state index contributed by atoms with van der Waals surface area (Å²) in [6.07, 6.45) is 2.64. The van der Waals surface area contributed by atoms with E-state index in [1.807, 2.05) is 26.8 Å². The Kier molecular flexibility index (Phi) is 9.99. The first-order valence-corrected chi connectivity index (χ1v) is 7.48. The lowest BCUT2D eigenvalue weighted by molar-refractivity contribution is 0.626. The summed E-state index contributed by atoms with van der Waals surface area (Å²) in [6, 6.07) is 6.50. The largest absolute Gasteiger partial charge is 0.247 e. The van der Waals surface area contributed by atoms with Gasteiger partial charge in [0, 0.05) is 11.1 Å². The number of aromatic nitrogens is 1. The van der Waals surface area contributed by atoms with E-state index in [9.17, 15) is 4.39 Å². The molecule has 2 rings (SSSR count). The molecular weight excluding hydrogens is 257 g/mol. The van der Waals surface area contributed by atoms with Crippen molar-refractivity contribution in [2.45, 2.75) is 47.5 Å². The van der Waals surface area contributed by atoms with Gasteiger partial charge in [0.1, 0.15) is 5.82 Å². The van der Waals surface area contributed by atoms with Crippen molar-refractivity contribution >= 4 is 11.3 Å². The quantitative estimate of drug-likeness (QED) is 0.653. The minimum atomic E-state index is -0.162. The van der Waals surface area contributed by atoms with E-state index < -0.39 is 0 Å². The van der Waals surface area contributed by atoms with Crippen LogP contribution in [0, 0.1) is 26.6 Å². The summed E-state index contributed by atoms with van der Waals surface area (Å²) in [6.45, 7) is 10.2. The molecule has 0 bridgehead atoms. The molecule has 0 radical (unpaired) electrons. The molecule has 0 N–H and O–H groups in total. The fourth-order valence-corrected chi connectivity index (χ4v) is 1.67. The van der Waals surface area contributed by atoms with Crippen molar-refractivity contribution in [1.29, 1.82) is 0 Å². The van der Waals surface area contributed by atoms with Gasteiger partial charge in [0.05, 0.1) is 5.01 Å². The molecule has 3 heteroatoms. The van der Waals surface area contributed by atoms with E-state index in [4.69, 9.17) is 0 Å². The van der Waals surface area contributed by atoms with Crippen LogP contribution >= 0.6 is 11.3 Å². The van der Waals surface area contributed by atoms with Gasteiger partial charge in [-0.05, 0) is 38.5 Å². The van der Waals surface area contributed by atoms with E-state index in [1.54, 1.807) is 17.4 Å². The van der Waals surface area contributed by atoms with Crippen LogP contribution in [0.4, 0.5) is 4.39 Å². The number of halogens is 1. The summed E-state index contributed by atoms with van der Waals surface area (Å²) in [5.41, 5.74) is 2.09. The zero-order valence-corrected chi connectivity index (χ0v) is 13.4. The summed E-state index contributed by atoms with van der Waals surface area (Å²) in [4.78, 5) is 4.13. The van der Waals surface area contributed by atoms with Crippen LogP contribution in [0.25, 0.3) is 0 Å². The highest BCUT2D eigenvalue weighted by molar-refractivity contribution is 7.09. The van der Waals surface area contributed by atoms with Gasteiger partial charge in [-0.2, -0.15) is 0 Å². The molecule has 0 unspecified atom stereocenters. The molecule has 0 saturated carbocycles. The van der Waals surface area contributed by atoms with Crippen LogP contribution in [0.15, 0.2) is 29.6 Å². The van der Waals surface area contributed by atoms with Crippen molar-refractivity contribution in [3.63, 3.8) is 0 Å². The molecule has 0 fully saturated rings. The van der Waals surface area contributed by atoms with Crippen LogP contribution in [0.2, 0.25) is 0 Å². The molecule has 0 atom stereocenters. The minimum Gasteiger partial charge on any atom is -0.247 e. The molecule has 0 aliphatic heterocycles. The standard InChI is InChI=1S/C7H7F.C5H7NS.C4H10/c1-6-3-2-4-7(8)5-6;1-4-3-7-5(2)6-4;1-3-4-2/h2-5H,1H3;3H,1-2H3;3-4H2,1-2H3. The summed E-state index contributed by atoms with van der Waals surface area (Å²) < 4.78 is 12.2. The number of unbranched alkanes of at least 4 members (excludes halogenated alkanes) is 1. The molecule has 106 valence electrons. The normalized spacial score (nSPS) is 8.95. The SMILES string of the molecule is CCCC.Cc1cccc(F)c1.Cc1csc(C)n1. The third-order valence-corrected chi connectivity index (χ3v) is 3.11. The average Bonchev–Trinajstić information content (AvgIpc) is 2.74. The molecule has 1 aromatic heterocycles. The van der Waals surface area contributed by atoms with E-state index >= 15 is 0 Å². The summed E-state index contributed by atoms with van der Waals surface area (Å²) in [5, 5.41) is 3.20. The summed E-state index contributed by atoms with van der Waals surface area (Å²) in [5.74, 6) is -0.162. The first-order valence-electron chi connectivity index (χ1n) is 6.60. The van der Waals surface area contributed by atoms with Crippen LogP contribution in [0.3, 0.4) is 0 Å². The number of nitrogens with zero attached hydrogens (tertiary/aromatic N) is 1. The van der Waals surface area contributed by atoms with Crippen LogP contribution in [0.1, 0.15) is 43.0 Å². The number of hydrogen-bond acceptors (Lipinski definition) is 2. The lowest BCUT2D eigenvalue weighted by atomic mass is 10.2. The number of thiazole rings is 1. The first-order chi connectivity index (χ1) is 8.99. The van der Waals surface area contributed by atoms with Gasteiger partial charge < -0.3 is 0 Å². The summed E-state index contributed by atoms with van der Waals surface area (Å²) >= 11 is 1.69. The smallest absolute Gasteiger partial charge is 0.123 e. The van der Waals surface area contributed by atoms with Crippen molar-refractivity contribution in [2.24, 2.45) is 0 Å². The maximum Gasteiger partial charge on any atom is 0.123 e. The van der Waals surface area contributed by atoms with Crippen LogP contribution < -0.4 is 0 Å². The highest BCUT2D eigenvalue weighted by atomic mass is 32.1. The lowest BCUT2D eigenvalue weighted by Crippen LogP contribution is -1.72. The Morgan fingerprint density at radius 3 is 1.95 bits per heavy atom. The van der Waals surface area contributed by atoms with E-state index in [-0.39, 0.29) is 5.82 Å². The molecule has 19 heavy (non-hydrogen) atoms. The van der Waals surface area contributed by atoms with Gasteiger partial charge >= 0.3 is 0 Å². The second-order valence-electron chi connectivity index (χ2n) is 4.31. The van der Waals surface area contributed by atoms with Gasteiger partial charge in [-0.25, -0.2) is 9.37 Å². The van der Waals surface area contributed by atoms with Gasteiger partial charge in [0.2, 0.25) is 0 Å². The number of aryl methyl sites for hydroxylation is 3. The van der Waals surface area contributed by atoms with E-state index in [0.29, 0.717) is 0 Å². The van der Waals surface area contributed by atoms with Crippen molar-refractivity contribution < 1.29 is 4.39 Å². The second-order valence-corrected chi connectivity index (χ2v) is 5.37. The molecule has 0 aliphatic carbocycles. The zero-order chi connectivity index (χ0) is 14.7. The first kappa shape index (κ1) is 17.8. The average molecular weight is 281 g/mol. The molecule has 1 aromatic carbocycles. The molecule has 0 amide bonds. The third-order valence-electron chi connectivity index (χ3n) is 2.21. The van der Waals surface area contributed by atoms with Crippen LogP contribution in [-0.4, -0.2) is 4.98 Å². The molecular formula is C16H24FNS. The van der Waals surface area contributed by atoms with Crippen LogP contribution in [-0.2, 0) is 0 Å². The zero-order valence-electron chi connectivity index (χ0n) is 12.5. The van der Waals surface area contributed by atoms with Gasteiger partial charge in [0.25, 0.3) is 0 Å². The van der Waals surface area contributed by atoms with Crippen molar-refractivity contribution in [2.75, 3.05) is 0 Å². The fourth-order valence-electron chi connectivity index (χ4n) is 1.08. The molecule has 0 spiro atoms. The predicted molar refractivity (Wildman–Crippen MR) is 83.3 cm³/mol. The Labute approximate surface area is 120 Å². The monoisotopic (exact) mass is 281 g/mol. The Hall–Kier alpha value is -1.22. The molecule has 0 aliphatic rings.